The second-order valence-electron chi connectivity index (χ2n) is 13.4. The highest BCUT2D eigenvalue weighted by Crippen LogP contribution is 2.39. The van der Waals surface area contributed by atoms with Crippen molar-refractivity contribution in [1.82, 2.24) is 0 Å². The minimum atomic E-state index is 1.10. The Kier molecular flexibility index (Phi) is 8.66. The Labute approximate surface area is 311 Å². The van der Waals surface area contributed by atoms with E-state index >= 15 is 0 Å². The summed E-state index contributed by atoms with van der Waals surface area (Å²) >= 11 is 0. The Morgan fingerprint density at radius 3 is 1.26 bits per heavy atom. The van der Waals surface area contributed by atoms with E-state index in [2.05, 4.69) is 229 Å². The second-order valence-corrected chi connectivity index (χ2v) is 13.4. The molecule has 9 aromatic carbocycles. The van der Waals surface area contributed by atoms with Gasteiger partial charge in [0, 0.05) is 17.1 Å². The van der Waals surface area contributed by atoms with Crippen molar-refractivity contribution in [3.05, 3.63) is 224 Å². The molecule has 0 heterocycles. The monoisotopic (exact) mass is 675 g/mol. The molecule has 0 unspecified atom stereocenters. The van der Waals surface area contributed by atoms with Gasteiger partial charge in [0.1, 0.15) is 0 Å². The van der Waals surface area contributed by atoms with Gasteiger partial charge >= 0.3 is 0 Å². The second kappa shape index (κ2) is 14.3. The molecule has 0 atom stereocenters. The predicted molar refractivity (Wildman–Crippen MR) is 226 cm³/mol. The molecule has 1 heteroatoms. The van der Waals surface area contributed by atoms with Crippen LogP contribution in [0, 0.1) is 0 Å². The Morgan fingerprint density at radius 2 is 0.623 bits per heavy atom. The first-order chi connectivity index (χ1) is 26.3. The zero-order valence-corrected chi connectivity index (χ0v) is 29.3. The first-order valence-electron chi connectivity index (χ1n) is 18.2. The van der Waals surface area contributed by atoms with Crippen LogP contribution in [0.5, 0.6) is 0 Å². The third-order valence-electron chi connectivity index (χ3n) is 10.1. The Morgan fingerprint density at radius 1 is 0.226 bits per heavy atom. The predicted octanol–water partition coefficient (Wildman–Crippen LogP) is 14.6. The molecule has 0 bridgehead atoms. The zero-order chi connectivity index (χ0) is 35.4. The van der Waals surface area contributed by atoms with E-state index < -0.39 is 0 Å². The number of rotatable bonds is 8. The molecule has 0 saturated carbocycles. The molecule has 9 rings (SSSR count). The van der Waals surface area contributed by atoms with Gasteiger partial charge in [-0.05, 0) is 115 Å². The molecule has 0 N–H and O–H groups in total. The normalized spacial score (nSPS) is 11.0. The average Bonchev–Trinajstić information content (AvgIpc) is 3.25. The first-order valence-corrected chi connectivity index (χ1v) is 18.2. The number of benzene rings is 9. The van der Waals surface area contributed by atoms with Crippen LogP contribution >= 0.6 is 0 Å². The van der Waals surface area contributed by atoms with E-state index in [1.165, 1.54) is 66.4 Å². The van der Waals surface area contributed by atoms with Crippen LogP contribution in [-0.4, -0.2) is 0 Å². The van der Waals surface area contributed by atoms with E-state index in [0.717, 1.165) is 17.1 Å². The van der Waals surface area contributed by atoms with E-state index in [4.69, 9.17) is 0 Å². The van der Waals surface area contributed by atoms with Gasteiger partial charge < -0.3 is 4.90 Å². The SMILES string of the molecule is c1ccc(-c2ccc(N(c3ccc(-c4cccc(-c5cccc6ccccc56)c4)cc3)c3cccc(-c4cccc(-c5ccccc5)c4)c3)cc2)cc1. The number of fused-ring (bicyclic) bond motifs is 1. The molecule has 0 fully saturated rings. The van der Waals surface area contributed by atoms with Crippen molar-refractivity contribution in [3.63, 3.8) is 0 Å². The summed E-state index contributed by atoms with van der Waals surface area (Å²) in [4.78, 5) is 2.36. The molecule has 250 valence electrons. The Hall–Kier alpha value is -6.96. The van der Waals surface area contributed by atoms with Crippen molar-refractivity contribution in [3.8, 4) is 55.6 Å². The lowest BCUT2D eigenvalue weighted by atomic mass is 9.95. The van der Waals surface area contributed by atoms with Crippen LogP contribution < -0.4 is 4.90 Å². The third-order valence-corrected chi connectivity index (χ3v) is 10.1. The molecule has 0 amide bonds. The summed E-state index contributed by atoms with van der Waals surface area (Å²) < 4.78 is 0. The van der Waals surface area contributed by atoms with E-state index in [1.807, 2.05) is 0 Å². The van der Waals surface area contributed by atoms with Gasteiger partial charge in [0.15, 0.2) is 0 Å². The van der Waals surface area contributed by atoms with E-state index in [-0.39, 0.29) is 0 Å². The molecular formula is C52H37N. The van der Waals surface area contributed by atoms with Crippen LogP contribution in [0.1, 0.15) is 0 Å². The summed E-state index contributed by atoms with van der Waals surface area (Å²) in [6, 6.07) is 80.8. The van der Waals surface area contributed by atoms with Crippen LogP contribution in [0.4, 0.5) is 17.1 Å². The van der Waals surface area contributed by atoms with Gasteiger partial charge in [-0.25, -0.2) is 0 Å². The molecule has 0 aliphatic rings. The lowest BCUT2D eigenvalue weighted by Crippen LogP contribution is -2.10. The first kappa shape index (κ1) is 32.0. The summed E-state index contributed by atoms with van der Waals surface area (Å²) in [5.74, 6) is 0. The molecule has 1 nitrogen and oxygen atoms in total. The Bertz CT molecular complexity index is 2640. The summed E-state index contributed by atoms with van der Waals surface area (Å²) in [6.07, 6.45) is 0. The van der Waals surface area contributed by atoms with Crippen LogP contribution in [0.25, 0.3) is 66.4 Å². The van der Waals surface area contributed by atoms with Crippen molar-refractivity contribution in [1.29, 1.82) is 0 Å². The average molecular weight is 676 g/mol. The largest absolute Gasteiger partial charge is 0.310 e. The minimum Gasteiger partial charge on any atom is -0.310 e. The maximum atomic E-state index is 2.36. The quantitative estimate of drug-likeness (QED) is 0.155. The van der Waals surface area contributed by atoms with Crippen molar-refractivity contribution < 1.29 is 0 Å². The van der Waals surface area contributed by atoms with Gasteiger partial charge in [-0.1, -0.05) is 176 Å². The van der Waals surface area contributed by atoms with Crippen LogP contribution in [-0.2, 0) is 0 Å². The van der Waals surface area contributed by atoms with Crippen LogP contribution in [0.3, 0.4) is 0 Å². The molecule has 0 aromatic heterocycles. The third kappa shape index (κ3) is 6.65. The van der Waals surface area contributed by atoms with E-state index in [9.17, 15) is 0 Å². The number of anilines is 3. The number of hydrogen-bond donors (Lipinski definition) is 0. The molecule has 0 spiro atoms. The van der Waals surface area contributed by atoms with E-state index in [0.29, 0.717) is 0 Å². The summed E-state index contributed by atoms with van der Waals surface area (Å²) in [6.45, 7) is 0. The van der Waals surface area contributed by atoms with Crippen molar-refractivity contribution >= 4 is 27.8 Å². The fourth-order valence-electron chi connectivity index (χ4n) is 7.36. The van der Waals surface area contributed by atoms with Crippen molar-refractivity contribution in [2.75, 3.05) is 4.90 Å². The van der Waals surface area contributed by atoms with Crippen LogP contribution in [0.2, 0.25) is 0 Å². The summed E-state index contributed by atoms with van der Waals surface area (Å²) in [7, 11) is 0. The number of hydrogen-bond acceptors (Lipinski definition) is 1. The summed E-state index contributed by atoms with van der Waals surface area (Å²) in [5.41, 5.74) is 15.3. The topological polar surface area (TPSA) is 3.24 Å². The summed E-state index contributed by atoms with van der Waals surface area (Å²) in [5, 5.41) is 2.52. The molecule has 0 saturated heterocycles. The lowest BCUT2D eigenvalue weighted by Gasteiger charge is -2.26. The van der Waals surface area contributed by atoms with Crippen molar-refractivity contribution in [2.24, 2.45) is 0 Å². The van der Waals surface area contributed by atoms with Crippen molar-refractivity contribution in [2.45, 2.75) is 0 Å². The van der Waals surface area contributed by atoms with Crippen LogP contribution in [0.15, 0.2) is 224 Å². The highest BCUT2D eigenvalue weighted by atomic mass is 15.1. The maximum absolute atomic E-state index is 2.36. The smallest absolute Gasteiger partial charge is 0.0467 e. The van der Waals surface area contributed by atoms with E-state index in [1.54, 1.807) is 0 Å². The highest BCUT2D eigenvalue weighted by molar-refractivity contribution is 5.97. The van der Waals surface area contributed by atoms with Gasteiger partial charge in [-0.3, -0.25) is 0 Å². The molecule has 0 aliphatic heterocycles. The highest BCUT2D eigenvalue weighted by Gasteiger charge is 2.15. The Balaban J connectivity index is 1.09. The molecule has 0 aliphatic carbocycles. The van der Waals surface area contributed by atoms with Gasteiger partial charge in [0.05, 0.1) is 0 Å². The van der Waals surface area contributed by atoms with Gasteiger partial charge in [0.2, 0.25) is 0 Å². The van der Waals surface area contributed by atoms with Gasteiger partial charge in [-0.15, -0.1) is 0 Å². The minimum absolute atomic E-state index is 1.10. The zero-order valence-electron chi connectivity index (χ0n) is 29.3. The lowest BCUT2D eigenvalue weighted by molar-refractivity contribution is 1.28. The molecule has 53 heavy (non-hydrogen) atoms. The fraction of sp³-hybridized carbons (Fsp3) is 0. The molecular weight excluding hydrogens is 639 g/mol. The maximum Gasteiger partial charge on any atom is 0.0467 e. The van der Waals surface area contributed by atoms with Gasteiger partial charge in [0.25, 0.3) is 0 Å². The fourth-order valence-corrected chi connectivity index (χ4v) is 7.36. The number of nitrogens with zero attached hydrogens (tertiary/aromatic N) is 1. The molecule has 0 radical (unpaired) electrons. The molecule has 9 aromatic rings. The van der Waals surface area contributed by atoms with Gasteiger partial charge in [-0.2, -0.15) is 0 Å². The standard InChI is InChI=1S/C52H37N/c1-3-13-38(14-4-1)40-27-31-48(32-28-40)53(50-24-11-22-46(37-50)45-21-9-19-43(35-45)39-15-5-2-6-16-39)49-33-29-41(30-34-49)44-20-10-23-47(36-44)52-26-12-18-42-17-7-8-25-51(42)52/h1-37H.